The second kappa shape index (κ2) is 6.94. The molecular formula is C17H26N2O2. The van der Waals surface area contributed by atoms with E-state index in [1.54, 1.807) is 7.11 Å². The van der Waals surface area contributed by atoms with Gasteiger partial charge < -0.3 is 15.4 Å². The van der Waals surface area contributed by atoms with Crippen molar-refractivity contribution in [2.75, 3.05) is 13.7 Å². The van der Waals surface area contributed by atoms with E-state index in [1.807, 2.05) is 29.2 Å². The number of benzene rings is 1. The summed E-state index contributed by atoms with van der Waals surface area (Å²) in [7, 11) is 1.66. The molecule has 1 aliphatic heterocycles. The molecule has 1 fully saturated rings. The van der Waals surface area contributed by atoms with Gasteiger partial charge in [-0.2, -0.15) is 0 Å². The molecule has 2 unspecified atom stereocenters. The fourth-order valence-electron chi connectivity index (χ4n) is 3.09. The maximum atomic E-state index is 12.5. The molecule has 1 saturated heterocycles. The third kappa shape index (κ3) is 3.56. The SMILES string of the molecule is COc1ccccc1C1C(N)CCCC(=O)N1CC(C)C. The van der Waals surface area contributed by atoms with Gasteiger partial charge in [0.1, 0.15) is 5.75 Å². The van der Waals surface area contributed by atoms with E-state index in [2.05, 4.69) is 13.8 Å². The standard InChI is InChI=1S/C17H26N2O2/c1-12(2)11-19-16(20)10-6-8-14(18)17(19)13-7-4-5-9-15(13)21-3/h4-5,7,9,12,14,17H,6,8,10-11,18H2,1-3H3. The van der Waals surface area contributed by atoms with Crippen LogP contribution in [0.5, 0.6) is 5.75 Å². The Morgan fingerprint density at radius 1 is 1.38 bits per heavy atom. The number of hydrogen-bond acceptors (Lipinski definition) is 3. The number of nitrogens with two attached hydrogens (primary N) is 1. The highest BCUT2D eigenvalue weighted by Crippen LogP contribution is 2.35. The van der Waals surface area contributed by atoms with Crippen LogP contribution in [0.15, 0.2) is 24.3 Å². The molecule has 0 aromatic heterocycles. The topological polar surface area (TPSA) is 55.6 Å². The minimum absolute atomic E-state index is 0.0495. The summed E-state index contributed by atoms with van der Waals surface area (Å²) >= 11 is 0. The number of likely N-dealkylation sites (tertiary alicyclic amines) is 1. The van der Waals surface area contributed by atoms with Crippen LogP contribution in [0.2, 0.25) is 0 Å². The number of para-hydroxylation sites is 1. The normalized spacial score (nSPS) is 23.3. The number of ether oxygens (including phenoxy) is 1. The molecule has 1 aliphatic rings. The smallest absolute Gasteiger partial charge is 0.223 e. The number of carbonyl (C=O) groups excluding carboxylic acids is 1. The van der Waals surface area contributed by atoms with Gasteiger partial charge in [0.15, 0.2) is 0 Å². The van der Waals surface area contributed by atoms with E-state index in [0.717, 1.165) is 30.7 Å². The zero-order valence-electron chi connectivity index (χ0n) is 13.2. The lowest BCUT2D eigenvalue weighted by atomic mass is 9.95. The van der Waals surface area contributed by atoms with Crippen LogP contribution in [0, 0.1) is 5.92 Å². The summed E-state index contributed by atoms with van der Waals surface area (Å²) in [6.45, 7) is 4.99. The second-order valence-corrected chi connectivity index (χ2v) is 6.18. The van der Waals surface area contributed by atoms with Gasteiger partial charge in [-0.1, -0.05) is 32.0 Å². The first kappa shape index (κ1) is 15.8. The van der Waals surface area contributed by atoms with E-state index < -0.39 is 0 Å². The molecule has 1 heterocycles. The van der Waals surface area contributed by atoms with Crippen LogP contribution in [0.25, 0.3) is 0 Å². The molecule has 0 aliphatic carbocycles. The summed E-state index contributed by atoms with van der Waals surface area (Å²) in [5, 5.41) is 0. The summed E-state index contributed by atoms with van der Waals surface area (Å²) in [5.74, 6) is 1.42. The molecule has 116 valence electrons. The van der Waals surface area contributed by atoms with Crippen molar-refractivity contribution in [2.24, 2.45) is 11.7 Å². The van der Waals surface area contributed by atoms with Crippen molar-refractivity contribution >= 4 is 5.91 Å². The predicted octanol–water partition coefficient (Wildman–Crippen LogP) is 2.73. The number of carbonyl (C=O) groups is 1. The van der Waals surface area contributed by atoms with Gasteiger partial charge in [0, 0.05) is 24.6 Å². The van der Waals surface area contributed by atoms with Gasteiger partial charge in [0.25, 0.3) is 0 Å². The monoisotopic (exact) mass is 290 g/mol. The Morgan fingerprint density at radius 3 is 2.76 bits per heavy atom. The van der Waals surface area contributed by atoms with Gasteiger partial charge in [-0.15, -0.1) is 0 Å². The predicted molar refractivity (Wildman–Crippen MR) is 84.1 cm³/mol. The number of amides is 1. The second-order valence-electron chi connectivity index (χ2n) is 6.18. The van der Waals surface area contributed by atoms with Crippen LogP contribution in [0.3, 0.4) is 0 Å². The molecule has 2 N–H and O–H groups in total. The summed E-state index contributed by atoms with van der Waals surface area (Å²) in [4.78, 5) is 14.5. The van der Waals surface area contributed by atoms with E-state index in [1.165, 1.54) is 0 Å². The average molecular weight is 290 g/mol. The summed E-state index contributed by atoms with van der Waals surface area (Å²) in [6.07, 6.45) is 2.31. The third-order valence-corrected chi connectivity index (χ3v) is 4.01. The lowest BCUT2D eigenvalue weighted by Gasteiger charge is -2.35. The molecule has 1 amide bonds. The molecule has 4 heteroatoms. The highest BCUT2D eigenvalue weighted by atomic mass is 16.5. The van der Waals surface area contributed by atoms with E-state index >= 15 is 0 Å². The molecule has 2 rings (SSSR count). The molecule has 0 radical (unpaired) electrons. The van der Waals surface area contributed by atoms with Crippen molar-refractivity contribution in [3.05, 3.63) is 29.8 Å². The van der Waals surface area contributed by atoms with E-state index in [0.29, 0.717) is 12.3 Å². The fraction of sp³-hybridized carbons (Fsp3) is 0.588. The Hall–Kier alpha value is -1.55. The first-order valence-corrected chi connectivity index (χ1v) is 7.72. The lowest BCUT2D eigenvalue weighted by Crippen LogP contribution is -2.44. The number of hydrogen-bond donors (Lipinski definition) is 1. The highest BCUT2D eigenvalue weighted by Gasteiger charge is 2.34. The Kier molecular flexibility index (Phi) is 5.23. The molecule has 21 heavy (non-hydrogen) atoms. The summed E-state index contributed by atoms with van der Waals surface area (Å²) in [6, 6.07) is 7.73. The number of methoxy groups -OCH3 is 1. The number of nitrogens with zero attached hydrogens (tertiary/aromatic N) is 1. The molecule has 0 spiro atoms. The first-order valence-electron chi connectivity index (χ1n) is 7.72. The molecule has 4 nitrogen and oxygen atoms in total. The van der Waals surface area contributed by atoms with Gasteiger partial charge in [0.2, 0.25) is 5.91 Å². The summed E-state index contributed by atoms with van der Waals surface area (Å²) in [5.41, 5.74) is 7.43. The van der Waals surface area contributed by atoms with Crippen LogP contribution in [-0.2, 0) is 4.79 Å². The Balaban J connectivity index is 2.43. The Morgan fingerprint density at radius 2 is 2.10 bits per heavy atom. The first-order chi connectivity index (χ1) is 10.0. The molecular weight excluding hydrogens is 264 g/mol. The zero-order chi connectivity index (χ0) is 15.4. The Bertz CT molecular complexity index is 487. The van der Waals surface area contributed by atoms with Crippen LogP contribution in [0.1, 0.15) is 44.7 Å². The van der Waals surface area contributed by atoms with Crippen LogP contribution < -0.4 is 10.5 Å². The van der Waals surface area contributed by atoms with E-state index in [4.69, 9.17) is 10.5 Å². The minimum Gasteiger partial charge on any atom is -0.496 e. The fourth-order valence-corrected chi connectivity index (χ4v) is 3.09. The van der Waals surface area contributed by atoms with Crippen molar-refractivity contribution in [1.82, 2.24) is 4.90 Å². The maximum absolute atomic E-state index is 12.5. The van der Waals surface area contributed by atoms with Gasteiger partial charge in [-0.05, 0) is 24.8 Å². The maximum Gasteiger partial charge on any atom is 0.223 e. The van der Waals surface area contributed by atoms with Crippen molar-refractivity contribution in [3.8, 4) is 5.75 Å². The largest absolute Gasteiger partial charge is 0.496 e. The van der Waals surface area contributed by atoms with Crippen LogP contribution >= 0.6 is 0 Å². The molecule has 2 atom stereocenters. The molecule has 0 bridgehead atoms. The van der Waals surface area contributed by atoms with Crippen LogP contribution in [0.4, 0.5) is 0 Å². The Labute approximate surface area is 127 Å². The third-order valence-electron chi connectivity index (χ3n) is 4.01. The van der Waals surface area contributed by atoms with Crippen molar-refractivity contribution in [3.63, 3.8) is 0 Å². The van der Waals surface area contributed by atoms with Gasteiger partial charge in [-0.3, -0.25) is 4.79 Å². The average Bonchev–Trinajstić information content (AvgIpc) is 2.58. The van der Waals surface area contributed by atoms with Gasteiger partial charge in [-0.25, -0.2) is 0 Å². The van der Waals surface area contributed by atoms with E-state index in [9.17, 15) is 4.79 Å². The highest BCUT2D eigenvalue weighted by molar-refractivity contribution is 5.77. The van der Waals surface area contributed by atoms with Gasteiger partial charge >= 0.3 is 0 Å². The van der Waals surface area contributed by atoms with Crippen LogP contribution in [-0.4, -0.2) is 30.5 Å². The molecule has 1 aromatic rings. The summed E-state index contributed by atoms with van der Waals surface area (Å²) < 4.78 is 5.48. The van der Waals surface area contributed by atoms with E-state index in [-0.39, 0.29) is 18.0 Å². The molecule has 0 saturated carbocycles. The van der Waals surface area contributed by atoms with Gasteiger partial charge in [0.05, 0.1) is 13.2 Å². The number of rotatable bonds is 4. The quantitative estimate of drug-likeness (QED) is 0.927. The zero-order valence-corrected chi connectivity index (χ0v) is 13.2. The lowest BCUT2D eigenvalue weighted by molar-refractivity contribution is -0.133. The van der Waals surface area contributed by atoms with Crippen molar-refractivity contribution < 1.29 is 9.53 Å². The molecule has 1 aromatic carbocycles. The minimum atomic E-state index is -0.0986. The van der Waals surface area contributed by atoms with Crippen molar-refractivity contribution in [2.45, 2.75) is 45.2 Å². The van der Waals surface area contributed by atoms with Crippen molar-refractivity contribution in [1.29, 1.82) is 0 Å².